The average molecular weight is 418 g/mol. The monoisotopic (exact) mass is 417 g/mol. The zero-order chi connectivity index (χ0) is 22.1. The molecular weight excluding hydrogens is 390 g/mol. The van der Waals surface area contributed by atoms with Gasteiger partial charge in [-0.2, -0.15) is 0 Å². The lowest BCUT2D eigenvalue weighted by molar-refractivity contribution is 0.0535. The molecule has 0 unspecified atom stereocenters. The maximum atomic E-state index is 13.0. The number of piperazine rings is 1. The first-order chi connectivity index (χ1) is 14.8. The van der Waals surface area contributed by atoms with Gasteiger partial charge in [-0.15, -0.1) is 0 Å². The van der Waals surface area contributed by atoms with Crippen LogP contribution in [-0.4, -0.2) is 71.9 Å². The number of amides is 2. The Morgan fingerprint density at radius 3 is 1.77 bits per heavy atom. The Kier molecular flexibility index (Phi) is 5.59. The molecule has 0 aliphatic carbocycles. The first kappa shape index (κ1) is 20.8. The summed E-state index contributed by atoms with van der Waals surface area (Å²) in [5.41, 5.74) is 5.59. The molecule has 1 aliphatic rings. The van der Waals surface area contributed by atoms with E-state index in [0.717, 1.165) is 28.1 Å². The van der Waals surface area contributed by atoms with E-state index in [-0.39, 0.29) is 11.8 Å². The van der Waals surface area contributed by atoms with Crippen molar-refractivity contribution in [1.29, 1.82) is 0 Å². The Hall–Kier alpha value is -3.48. The maximum Gasteiger partial charge on any atom is 0.254 e. The Morgan fingerprint density at radius 2 is 1.23 bits per heavy atom. The lowest BCUT2D eigenvalue weighted by Crippen LogP contribution is -2.50. The van der Waals surface area contributed by atoms with Crippen LogP contribution in [0.4, 0.5) is 5.69 Å². The third-order valence-corrected chi connectivity index (χ3v) is 5.81. The zero-order valence-corrected chi connectivity index (χ0v) is 18.4. The first-order valence-corrected chi connectivity index (χ1v) is 10.4. The van der Waals surface area contributed by atoms with Crippen LogP contribution in [0.15, 0.2) is 42.5 Å². The molecule has 7 heteroatoms. The Balaban J connectivity index is 1.42. The molecule has 1 fully saturated rings. The predicted molar refractivity (Wildman–Crippen MR) is 122 cm³/mol. The number of rotatable bonds is 3. The van der Waals surface area contributed by atoms with Crippen molar-refractivity contribution in [3.05, 3.63) is 65.0 Å². The molecule has 31 heavy (non-hydrogen) atoms. The smallest absolute Gasteiger partial charge is 0.254 e. The number of aromatic nitrogens is 2. The molecule has 0 radical (unpaired) electrons. The van der Waals surface area contributed by atoms with Gasteiger partial charge < -0.3 is 14.7 Å². The van der Waals surface area contributed by atoms with Crippen LogP contribution in [0.5, 0.6) is 0 Å². The largest absolute Gasteiger partial charge is 0.378 e. The highest BCUT2D eigenvalue weighted by atomic mass is 16.2. The second-order valence-corrected chi connectivity index (χ2v) is 8.12. The third-order valence-electron chi connectivity index (χ3n) is 5.81. The van der Waals surface area contributed by atoms with E-state index in [2.05, 4.69) is 9.97 Å². The predicted octanol–water partition coefficient (Wildman–Crippen LogP) is 2.91. The molecule has 0 atom stereocenters. The molecule has 2 heterocycles. The highest BCUT2D eigenvalue weighted by Crippen LogP contribution is 2.18. The number of nitrogens with zero attached hydrogens (tertiary/aromatic N) is 5. The molecule has 1 aromatic heterocycles. The van der Waals surface area contributed by atoms with Gasteiger partial charge in [0.1, 0.15) is 0 Å². The Bertz CT molecular complexity index is 1130. The molecule has 1 saturated heterocycles. The number of hydrogen-bond acceptors (Lipinski definition) is 5. The van der Waals surface area contributed by atoms with Gasteiger partial charge in [0.15, 0.2) is 0 Å². The topological polar surface area (TPSA) is 69.6 Å². The van der Waals surface area contributed by atoms with Gasteiger partial charge in [0, 0.05) is 57.1 Å². The zero-order valence-electron chi connectivity index (χ0n) is 18.4. The summed E-state index contributed by atoms with van der Waals surface area (Å²) in [6.07, 6.45) is 0. The van der Waals surface area contributed by atoms with Crippen LogP contribution in [-0.2, 0) is 0 Å². The lowest BCUT2D eigenvalue weighted by Gasteiger charge is -2.35. The first-order valence-electron chi connectivity index (χ1n) is 10.4. The van der Waals surface area contributed by atoms with Crippen molar-refractivity contribution in [2.24, 2.45) is 0 Å². The van der Waals surface area contributed by atoms with Crippen molar-refractivity contribution in [3.8, 4) is 0 Å². The van der Waals surface area contributed by atoms with Gasteiger partial charge in [0.05, 0.1) is 22.4 Å². The van der Waals surface area contributed by atoms with E-state index >= 15 is 0 Å². The van der Waals surface area contributed by atoms with E-state index < -0.39 is 0 Å². The van der Waals surface area contributed by atoms with Crippen LogP contribution in [0.25, 0.3) is 11.0 Å². The molecule has 3 aromatic rings. The van der Waals surface area contributed by atoms with Crippen LogP contribution < -0.4 is 4.90 Å². The highest BCUT2D eigenvalue weighted by Gasteiger charge is 2.25. The van der Waals surface area contributed by atoms with Crippen LogP contribution in [0.1, 0.15) is 32.1 Å². The number of benzene rings is 2. The normalized spacial score (nSPS) is 14.1. The molecular formula is C24H27N5O2. The number of carbonyl (C=O) groups is 2. The van der Waals surface area contributed by atoms with Crippen LogP contribution in [0.2, 0.25) is 0 Å². The van der Waals surface area contributed by atoms with Gasteiger partial charge in [-0.05, 0) is 56.3 Å². The molecule has 0 bridgehead atoms. The van der Waals surface area contributed by atoms with Crippen molar-refractivity contribution >= 4 is 28.5 Å². The fourth-order valence-corrected chi connectivity index (χ4v) is 3.74. The van der Waals surface area contributed by atoms with Gasteiger partial charge in [-0.1, -0.05) is 0 Å². The van der Waals surface area contributed by atoms with Gasteiger partial charge in [-0.3, -0.25) is 9.59 Å². The van der Waals surface area contributed by atoms with Crippen molar-refractivity contribution < 1.29 is 9.59 Å². The minimum absolute atomic E-state index is 0.00392. The fraction of sp³-hybridized carbons (Fsp3) is 0.333. The van der Waals surface area contributed by atoms with Gasteiger partial charge in [0.25, 0.3) is 11.8 Å². The lowest BCUT2D eigenvalue weighted by atomic mass is 10.1. The van der Waals surface area contributed by atoms with Crippen molar-refractivity contribution in [3.63, 3.8) is 0 Å². The van der Waals surface area contributed by atoms with Crippen molar-refractivity contribution in [2.75, 3.05) is 45.2 Å². The number of anilines is 1. The standard InChI is InChI=1S/C24H27N5O2/c1-16-17(2)26-22-15-19(7-10-21(22)25-16)24(31)29-13-11-28(12-14-29)23(30)18-5-8-20(9-6-18)27(3)4/h5-10,15H,11-14H2,1-4H3. The summed E-state index contributed by atoms with van der Waals surface area (Å²) in [6, 6.07) is 13.1. The van der Waals surface area contributed by atoms with Crippen molar-refractivity contribution in [2.45, 2.75) is 13.8 Å². The molecule has 4 rings (SSSR count). The second-order valence-electron chi connectivity index (χ2n) is 8.12. The number of hydrogen-bond donors (Lipinski definition) is 0. The highest BCUT2D eigenvalue weighted by molar-refractivity contribution is 5.98. The van der Waals surface area contributed by atoms with Gasteiger partial charge in [-0.25, -0.2) is 9.97 Å². The molecule has 7 nitrogen and oxygen atoms in total. The Labute approximate surface area is 182 Å². The molecule has 2 aromatic carbocycles. The van der Waals surface area contributed by atoms with E-state index in [1.807, 2.05) is 68.1 Å². The minimum Gasteiger partial charge on any atom is -0.378 e. The van der Waals surface area contributed by atoms with Gasteiger partial charge >= 0.3 is 0 Å². The Morgan fingerprint density at radius 1 is 0.742 bits per heavy atom. The molecule has 1 aliphatic heterocycles. The molecule has 2 amide bonds. The van der Waals surface area contributed by atoms with Crippen LogP contribution in [0.3, 0.4) is 0 Å². The van der Waals surface area contributed by atoms with Gasteiger partial charge in [0.2, 0.25) is 0 Å². The summed E-state index contributed by atoms with van der Waals surface area (Å²) in [5, 5.41) is 0. The molecule has 0 N–H and O–H groups in total. The van der Waals surface area contributed by atoms with Crippen LogP contribution in [0, 0.1) is 13.8 Å². The van der Waals surface area contributed by atoms with Crippen molar-refractivity contribution in [1.82, 2.24) is 19.8 Å². The number of fused-ring (bicyclic) bond motifs is 1. The SMILES string of the molecule is Cc1nc2ccc(C(=O)N3CCN(C(=O)c4ccc(N(C)C)cc4)CC3)cc2nc1C. The summed E-state index contributed by atoms with van der Waals surface area (Å²) in [6.45, 7) is 5.91. The average Bonchev–Trinajstić information content (AvgIpc) is 2.79. The number of aryl methyl sites for hydroxylation is 2. The number of carbonyl (C=O) groups excluding carboxylic acids is 2. The third kappa shape index (κ3) is 4.21. The summed E-state index contributed by atoms with van der Waals surface area (Å²) < 4.78 is 0. The van der Waals surface area contributed by atoms with E-state index in [0.29, 0.717) is 37.3 Å². The molecule has 0 saturated carbocycles. The molecule has 0 spiro atoms. The maximum absolute atomic E-state index is 13.0. The second kappa shape index (κ2) is 8.34. The van der Waals surface area contributed by atoms with E-state index in [1.165, 1.54) is 0 Å². The van der Waals surface area contributed by atoms with E-state index in [4.69, 9.17) is 0 Å². The van der Waals surface area contributed by atoms with E-state index in [1.54, 1.807) is 17.0 Å². The quantitative estimate of drug-likeness (QED) is 0.655. The van der Waals surface area contributed by atoms with E-state index in [9.17, 15) is 9.59 Å². The fourth-order valence-electron chi connectivity index (χ4n) is 3.74. The summed E-state index contributed by atoms with van der Waals surface area (Å²) >= 11 is 0. The van der Waals surface area contributed by atoms with Crippen LogP contribution >= 0.6 is 0 Å². The summed E-state index contributed by atoms with van der Waals surface area (Å²) in [4.78, 5) is 40.5. The molecule has 160 valence electrons. The summed E-state index contributed by atoms with van der Waals surface area (Å²) in [7, 11) is 3.94. The summed E-state index contributed by atoms with van der Waals surface area (Å²) in [5.74, 6) is -0.0337. The minimum atomic E-state index is -0.0376.